The number of rotatable bonds is 2. The Hall–Kier alpha value is 0.260. The highest BCUT2D eigenvalue weighted by Gasteiger charge is 1.97. The Balaban J connectivity index is 2.61. The van der Waals surface area contributed by atoms with Crippen LogP contribution in [0.2, 0.25) is 0 Å². The van der Waals surface area contributed by atoms with Gasteiger partial charge in [-0.2, -0.15) is 11.8 Å². The summed E-state index contributed by atoms with van der Waals surface area (Å²) < 4.78 is 0.749. The normalized spacial score (nSPS) is 10.0. The Labute approximate surface area is 67.5 Å². The lowest BCUT2D eigenvalue weighted by Gasteiger charge is -1.83. The third kappa shape index (κ3) is 2.15. The molecule has 0 fully saturated rings. The van der Waals surface area contributed by atoms with Crippen molar-refractivity contribution < 1.29 is 0 Å². The van der Waals surface area contributed by atoms with Gasteiger partial charge < -0.3 is 0 Å². The molecular weight excluding hydrogens is 172 g/mol. The molecule has 0 atom stereocenters. The molecule has 0 aliphatic heterocycles. The Kier molecular flexibility index (Phi) is 2.81. The average molecular weight is 178 g/mol. The van der Waals surface area contributed by atoms with Crippen LogP contribution in [-0.4, -0.2) is 16.5 Å². The van der Waals surface area contributed by atoms with Crippen molar-refractivity contribution in [1.82, 2.24) is 10.2 Å². The molecule has 0 bridgehead atoms. The molecule has 0 radical (unpaired) electrons. The Morgan fingerprint density at radius 3 is 2.89 bits per heavy atom. The number of thioether (sulfide) groups is 1. The monoisotopic (exact) mass is 178 g/mol. The second-order valence-electron chi connectivity index (χ2n) is 1.41. The SMILES string of the molecule is CSCc1nnc(S)s1. The van der Waals surface area contributed by atoms with E-state index in [1.165, 1.54) is 11.3 Å². The molecule has 0 saturated heterocycles. The quantitative estimate of drug-likeness (QED) is 0.698. The van der Waals surface area contributed by atoms with Crippen LogP contribution in [0.25, 0.3) is 0 Å². The lowest BCUT2D eigenvalue weighted by atomic mass is 10.9. The molecule has 0 amide bonds. The summed E-state index contributed by atoms with van der Waals surface area (Å²) in [4.78, 5) is 0. The van der Waals surface area contributed by atoms with Crippen molar-refractivity contribution in [2.75, 3.05) is 6.26 Å². The van der Waals surface area contributed by atoms with Crippen molar-refractivity contribution in [3.8, 4) is 0 Å². The number of hydrogen-bond donors (Lipinski definition) is 1. The first-order valence-electron chi connectivity index (χ1n) is 2.33. The zero-order valence-electron chi connectivity index (χ0n) is 4.87. The average Bonchev–Trinajstić information content (AvgIpc) is 2.17. The van der Waals surface area contributed by atoms with Gasteiger partial charge in [-0.05, 0) is 6.26 Å². The molecule has 0 aliphatic rings. The van der Waals surface area contributed by atoms with E-state index in [9.17, 15) is 0 Å². The Morgan fingerprint density at radius 2 is 2.44 bits per heavy atom. The molecule has 1 rings (SSSR count). The summed E-state index contributed by atoms with van der Waals surface area (Å²) in [5.74, 6) is 0.943. The first-order valence-corrected chi connectivity index (χ1v) is 4.99. The van der Waals surface area contributed by atoms with Crippen LogP contribution in [0.5, 0.6) is 0 Å². The van der Waals surface area contributed by atoms with Crippen molar-refractivity contribution in [3.63, 3.8) is 0 Å². The predicted molar refractivity (Wildman–Crippen MR) is 44.4 cm³/mol. The zero-order valence-corrected chi connectivity index (χ0v) is 7.39. The summed E-state index contributed by atoms with van der Waals surface area (Å²) in [6, 6.07) is 0. The molecule has 0 N–H and O–H groups in total. The predicted octanol–water partition coefficient (Wildman–Crippen LogP) is 1.69. The molecule has 0 aliphatic carbocycles. The van der Waals surface area contributed by atoms with Gasteiger partial charge in [0, 0.05) is 5.75 Å². The van der Waals surface area contributed by atoms with Crippen molar-refractivity contribution >= 4 is 35.7 Å². The fourth-order valence-electron chi connectivity index (χ4n) is 0.427. The van der Waals surface area contributed by atoms with Gasteiger partial charge in [0.05, 0.1) is 0 Å². The summed E-state index contributed by atoms with van der Waals surface area (Å²) in [5.41, 5.74) is 0. The van der Waals surface area contributed by atoms with Crippen LogP contribution in [-0.2, 0) is 5.75 Å². The highest BCUT2D eigenvalue weighted by molar-refractivity contribution is 7.97. The molecule has 0 saturated carbocycles. The lowest BCUT2D eigenvalue weighted by Crippen LogP contribution is -1.75. The van der Waals surface area contributed by atoms with Crippen molar-refractivity contribution in [2.24, 2.45) is 0 Å². The van der Waals surface area contributed by atoms with E-state index in [-0.39, 0.29) is 0 Å². The minimum absolute atomic E-state index is 0.749. The molecule has 0 spiro atoms. The number of nitrogens with zero attached hydrogens (tertiary/aromatic N) is 2. The number of thiol groups is 1. The van der Waals surface area contributed by atoms with Crippen LogP contribution < -0.4 is 0 Å². The molecule has 0 unspecified atom stereocenters. The lowest BCUT2D eigenvalue weighted by molar-refractivity contribution is 0.982. The summed E-state index contributed by atoms with van der Waals surface area (Å²) in [5, 5.41) is 8.68. The summed E-state index contributed by atoms with van der Waals surface area (Å²) in [7, 11) is 0. The maximum absolute atomic E-state index is 4.03. The molecule has 1 heterocycles. The second kappa shape index (κ2) is 3.43. The minimum atomic E-state index is 0.749. The van der Waals surface area contributed by atoms with Crippen molar-refractivity contribution in [2.45, 2.75) is 10.1 Å². The van der Waals surface area contributed by atoms with Gasteiger partial charge in [0.25, 0.3) is 0 Å². The molecule has 2 nitrogen and oxygen atoms in total. The van der Waals surface area contributed by atoms with Gasteiger partial charge in [0.15, 0.2) is 4.34 Å². The third-order valence-electron chi connectivity index (χ3n) is 0.724. The minimum Gasteiger partial charge on any atom is -0.158 e. The Morgan fingerprint density at radius 1 is 1.67 bits per heavy atom. The van der Waals surface area contributed by atoms with Gasteiger partial charge >= 0.3 is 0 Å². The second-order valence-corrected chi connectivity index (χ2v) is 4.07. The van der Waals surface area contributed by atoms with E-state index in [1.54, 1.807) is 11.8 Å². The summed E-state index contributed by atoms with van der Waals surface area (Å²) in [6.07, 6.45) is 2.04. The van der Waals surface area contributed by atoms with E-state index in [2.05, 4.69) is 22.8 Å². The topological polar surface area (TPSA) is 25.8 Å². The standard InChI is InChI=1S/C4H6N2S3/c1-8-2-3-5-6-4(7)9-3/h2H2,1H3,(H,6,7). The van der Waals surface area contributed by atoms with Crippen LogP contribution in [0.3, 0.4) is 0 Å². The van der Waals surface area contributed by atoms with Crippen LogP contribution in [0.4, 0.5) is 0 Å². The fraction of sp³-hybridized carbons (Fsp3) is 0.500. The largest absolute Gasteiger partial charge is 0.171 e. The van der Waals surface area contributed by atoms with Crippen LogP contribution in [0.15, 0.2) is 4.34 Å². The van der Waals surface area contributed by atoms with E-state index in [0.29, 0.717) is 0 Å². The van der Waals surface area contributed by atoms with Gasteiger partial charge in [0.2, 0.25) is 0 Å². The summed E-state index contributed by atoms with van der Waals surface area (Å²) in [6.45, 7) is 0. The molecule has 9 heavy (non-hydrogen) atoms. The fourth-order valence-corrected chi connectivity index (χ4v) is 2.06. The van der Waals surface area contributed by atoms with E-state index < -0.39 is 0 Å². The smallest absolute Gasteiger partial charge is 0.158 e. The van der Waals surface area contributed by atoms with E-state index in [0.717, 1.165) is 15.1 Å². The molecule has 5 heteroatoms. The zero-order chi connectivity index (χ0) is 6.69. The van der Waals surface area contributed by atoms with Crippen molar-refractivity contribution in [1.29, 1.82) is 0 Å². The van der Waals surface area contributed by atoms with Crippen LogP contribution in [0, 0.1) is 0 Å². The highest BCUT2D eigenvalue weighted by Crippen LogP contribution is 2.16. The Bertz CT molecular complexity index is 186. The molecule has 0 aromatic carbocycles. The molecule has 1 aromatic rings. The van der Waals surface area contributed by atoms with Gasteiger partial charge in [0.1, 0.15) is 5.01 Å². The molecule has 1 aromatic heterocycles. The van der Waals surface area contributed by atoms with E-state index in [4.69, 9.17) is 0 Å². The number of hydrogen-bond acceptors (Lipinski definition) is 5. The maximum Gasteiger partial charge on any atom is 0.171 e. The first kappa shape index (κ1) is 7.37. The third-order valence-corrected chi connectivity index (χ3v) is 2.56. The number of aromatic nitrogens is 2. The van der Waals surface area contributed by atoms with Crippen LogP contribution in [0.1, 0.15) is 5.01 Å². The summed E-state index contributed by atoms with van der Waals surface area (Å²) >= 11 is 7.31. The van der Waals surface area contributed by atoms with Crippen LogP contribution >= 0.6 is 35.7 Å². The highest BCUT2D eigenvalue weighted by atomic mass is 32.2. The van der Waals surface area contributed by atoms with Gasteiger partial charge in [-0.3, -0.25) is 0 Å². The molecular formula is C4H6N2S3. The van der Waals surface area contributed by atoms with Crippen molar-refractivity contribution in [3.05, 3.63) is 5.01 Å². The van der Waals surface area contributed by atoms with E-state index in [1.807, 2.05) is 6.26 Å². The van der Waals surface area contributed by atoms with Gasteiger partial charge in [-0.25, -0.2) is 0 Å². The maximum atomic E-state index is 4.03. The van der Waals surface area contributed by atoms with Gasteiger partial charge in [-0.1, -0.05) is 11.3 Å². The van der Waals surface area contributed by atoms with E-state index >= 15 is 0 Å². The van der Waals surface area contributed by atoms with Gasteiger partial charge in [-0.15, -0.1) is 22.8 Å². The first-order chi connectivity index (χ1) is 4.33. The molecule has 50 valence electrons.